The predicted octanol–water partition coefficient (Wildman–Crippen LogP) is 1.90. The third kappa shape index (κ3) is 6.58. The number of rotatable bonds is 6. The molecule has 2 N–H and O–H groups in total. The molecule has 134 valence electrons. The van der Waals surface area contributed by atoms with Gasteiger partial charge in [-0.15, -0.1) is 5.10 Å². The summed E-state index contributed by atoms with van der Waals surface area (Å²) in [6.07, 6.45) is -0.812. The van der Waals surface area contributed by atoms with Crippen molar-refractivity contribution in [3.05, 3.63) is 41.7 Å². The second kappa shape index (κ2) is 8.22. The number of nitrogens with zero attached hydrogens (tertiary/aromatic N) is 3. The molecule has 2 rings (SSSR count). The number of hydrogen-bond donors (Lipinski definition) is 2. The summed E-state index contributed by atoms with van der Waals surface area (Å²) in [6, 6.07) is 8.51. The zero-order valence-corrected chi connectivity index (χ0v) is 14.4. The van der Waals surface area contributed by atoms with Gasteiger partial charge in [-0.25, -0.2) is 9.89 Å². The van der Waals surface area contributed by atoms with Gasteiger partial charge >= 0.3 is 12.1 Å². The van der Waals surface area contributed by atoms with E-state index >= 15 is 0 Å². The summed E-state index contributed by atoms with van der Waals surface area (Å²) in [5.74, 6) is -0.260. The summed E-state index contributed by atoms with van der Waals surface area (Å²) >= 11 is 0. The zero-order chi connectivity index (χ0) is 18.3. The summed E-state index contributed by atoms with van der Waals surface area (Å²) in [6.45, 7) is 5.37. The Labute approximate surface area is 145 Å². The number of aromatic amines is 1. The highest BCUT2D eigenvalue weighted by Gasteiger charge is 2.25. The molecule has 2 aromatic rings. The highest BCUT2D eigenvalue weighted by Crippen LogP contribution is 2.15. The molecule has 9 heteroatoms. The van der Waals surface area contributed by atoms with Gasteiger partial charge in [-0.05, 0) is 36.8 Å². The van der Waals surface area contributed by atoms with Crippen LogP contribution >= 0.6 is 0 Å². The van der Waals surface area contributed by atoms with Crippen molar-refractivity contribution < 1.29 is 19.1 Å². The van der Waals surface area contributed by atoms with Gasteiger partial charge in [-0.1, -0.05) is 30.3 Å². The minimum atomic E-state index is -0.784. The lowest BCUT2D eigenvalue weighted by Gasteiger charge is -2.22. The minimum Gasteiger partial charge on any atom is -0.461 e. The number of hydrogen-bond acceptors (Lipinski definition) is 7. The molecule has 0 aliphatic heterocycles. The first kappa shape index (κ1) is 18.4. The Balaban J connectivity index is 1.94. The van der Waals surface area contributed by atoms with Crippen molar-refractivity contribution in [2.75, 3.05) is 0 Å². The molecule has 0 spiro atoms. The van der Waals surface area contributed by atoms with Gasteiger partial charge in [0.2, 0.25) is 0 Å². The highest BCUT2D eigenvalue weighted by atomic mass is 16.6. The van der Waals surface area contributed by atoms with Gasteiger partial charge in [0.15, 0.2) is 5.82 Å². The quantitative estimate of drug-likeness (QED) is 0.766. The largest absolute Gasteiger partial charge is 0.461 e. The number of nitrogens with one attached hydrogen (secondary N) is 2. The number of aromatic nitrogens is 4. The number of carbonyl (C=O) groups excluding carboxylic acids is 2. The van der Waals surface area contributed by atoms with Crippen LogP contribution in [0.3, 0.4) is 0 Å². The molecule has 1 heterocycles. The highest BCUT2D eigenvalue weighted by molar-refractivity contribution is 5.73. The molecule has 0 aliphatic rings. The van der Waals surface area contributed by atoms with E-state index in [1.54, 1.807) is 20.8 Å². The van der Waals surface area contributed by atoms with Crippen LogP contribution in [0.4, 0.5) is 4.79 Å². The smallest absolute Gasteiger partial charge is 0.408 e. The average molecular weight is 347 g/mol. The van der Waals surface area contributed by atoms with E-state index < -0.39 is 23.7 Å². The summed E-state index contributed by atoms with van der Waals surface area (Å²) in [5, 5.41) is 15.8. The number of benzene rings is 1. The van der Waals surface area contributed by atoms with Gasteiger partial charge in [0, 0.05) is 0 Å². The SMILES string of the molecule is CC(C)(C)OC(=O)NC(CC(=O)OCc1ccccc1)c1nnn[nH]1. The van der Waals surface area contributed by atoms with E-state index in [4.69, 9.17) is 9.47 Å². The lowest BCUT2D eigenvalue weighted by atomic mass is 10.2. The first-order valence-corrected chi connectivity index (χ1v) is 7.76. The molecular formula is C16H21N5O4. The Morgan fingerprint density at radius 2 is 1.96 bits per heavy atom. The molecule has 0 aliphatic carbocycles. The second-order valence-electron chi connectivity index (χ2n) is 6.34. The fraction of sp³-hybridized carbons (Fsp3) is 0.438. The summed E-state index contributed by atoms with van der Waals surface area (Å²) in [4.78, 5) is 24.0. The molecule has 1 unspecified atom stereocenters. The molecular weight excluding hydrogens is 326 g/mol. The number of H-pyrrole nitrogens is 1. The van der Waals surface area contributed by atoms with E-state index in [-0.39, 0.29) is 18.9 Å². The molecule has 1 aromatic heterocycles. The van der Waals surface area contributed by atoms with Crippen molar-refractivity contribution in [2.24, 2.45) is 0 Å². The van der Waals surface area contributed by atoms with Gasteiger partial charge in [-0.3, -0.25) is 4.79 Å². The number of esters is 1. The van der Waals surface area contributed by atoms with Crippen LogP contribution in [0.1, 0.15) is 44.6 Å². The van der Waals surface area contributed by atoms with Crippen LogP contribution in [0.5, 0.6) is 0 Å². The van der Waals surface area contributed by atoms with Gasteiger partial charge in [-0.2, -0.15) is 0 Å². The monoisotopic (exact) mass is 347 g/mol. The lowest BCUT2D eigenvalue weighted by Crippen LogP contribution is -2.36. The zero-order valence-electron chi connectivity index (χ0n) is 14.4. The fourth-order valence-corrected chi connectivity index (χ4v) is 1.94. The molecule has 0 saturated carbocycles. The van der Waals surface area contributed by atoms with Crippen LogP contribution in [0.15, 0.2) is 30.3 Å². The van der Waals surface area contributed by atoms with Crippen LogP contribution in [-0.2, 0) is 20.9 Å². The van der Waals surface area contributed by atoms with Crippen LogP contribution < -0.4 is 5.32 Å². The van der Waals surface area contributed by atoms with E-state index in [1.165, 1.54) is 0 Å². The summed E-state index contributed by atoms with van der Waals surface area (Å²) < 4.78 is 10.4. The van der Waals surface area contributed by atoms with Crippen molar-refractivity contribution in [3.8, 4) is 0 Å². The van der Waals surface area contributed by atoms with Crippen LogP contribution in [0.25, 0.3) is 0 Å². The molecule has 0 saturated heterocycles. The van der Waals surface area contributed by atoms with Crippen molar-refractivity contribution in [2.45, 2.75) is 45.4 Å². The van der Waals surface area contributed by atoms with Crippen LogP contribution in [-0.4, -0.2) is 38.3 Å². The normalized spacial score (nSPS) is 12.3. The maximum Gasteiger partial charge on any atom is 0.408 e. The lowest BCUT2D eigenvalue weighted by molar-refractivity contribution is -0.145. The Hall–Kier alpha value is -2.97. The topological polar surface area (TPSA) is 119 Å². The molecule has 1 amide bonds. The predicted molar refractivity (Wildman–Crippen MR) is 87.1 cm³/mol. The standard InChI is InChI=1S/C16H21N5O4/c1-16(2,3)25-15(23)17-12(14-18-20-21-19-14)9-13(22)24-10-11-7-5-4-6-8-11/h4-8,12H,9-10H2,1-3H3,(H,17,23)(H,18,19,20,21). The maximum absolute atomic E-state index is 12.1. The third-order valence-electron chi connectivity index (χ3n) is 3.00. The van der Waals surface area contributed by atoms with Crippen LogP contribution in [0, 0.1) is 0 Å². The number of tetrazole rings is 1. The van der Waals surface area contributed by atoms with E-state index in [9.17, 15) is 9.59 Å². The Morgan fingerprint density at radius 3 is 2.56 bits per heavy atom. The van der Waals surface area contributed by atoms with Gasteiger partial charge in [0.1, 0.15) is 18.2 Å². The molecule has 1 atom stereocenters. The van der Waals surface area contributed by atoms with E-state index in [0.717, 1.165) is 5.56 Å². The first-order valence-electron chi connectivity index (χ1n) is 7.76. The van der Waals surface area contributed by atoms with Crippen molar-refractivity contribution in [3.63, 3.8) is 0 Å². The average Bonchev–Trinajstić information content (AvgIpc) is 3.06. The number of alkyl carbamates (subject to hydrolysis) is 1. The Morgan fingerprint density at radius 1 is 1.24 bits per heavy atom. The van der Waals surface area contributed by atoms with Crippen molar-refractivity contribution in [1.29, 1.82) is 0 Å². The fourth-order valence-electron chi connectivity index (χ4n) is 1.94. The number of carbonyl (C=O) groups is 2. The van der Waals surface area contributed by atoms with E-state index in [1.807, 2.05) is 30.3 Å². The Kier molecular flexibility index (Phi) is 6.04. The second-order valence-corrected chi connectivity index (χ2v) is 6.34. The van der Waals surface area contributed by atoms with Crippen molar-refractivity contribution >= 4 is 12.1 Å². The summed E-state index contributed by atoms with van der Waals surface area (Å²) in [5.41, 5.74) is 0.205. The molecule has 0 radical (unpaired) electrons. The Bertz CT molecular complexity index is 682. The molecule has 0 bridgehead atoms. The van der Waals surface area contributed by atoms with E-state index in [2.05, 4.69) is 25.9 Å². The molecule has 9 nitrogen and oxygen atoms in total. The van der Waals surface area contributed by atoms with E-state index in [0.29, 0.717) is 0 Å². The van der Waals surface area contributed by atoms with Gasteiger partial charge in [0.05, 0.1) is 6.42 Å². The number of ether oxygens (including phenoxy) is 2. The van der Waals surface area contributed by atoms with Gasteiger partial charge in [0.25, 0.3) is 0 Å². The maximum atomic E-state index is 12.1. The number of amides is 1. The molecule has 0 fully saturated rings. The van der Waals surface area contributed by atoms with Crippen molar-refractivity contribution in [1.82, 2.24) is 25.9 Å². The molecule has 1 aromatic carbocycles. The minimum absolute atomic E-state index is 0.136. The third-order valence-corrected chi connectivity index (χ3v) is 3.00. The molecule has 25 heavy (non-hydrogen) atoms. The van der Waals surface area contributed by atoms with Gasteiger partial charge < -0.3 is 14.8 Å². The van der Waals surface area contributed by atoms with Crippen LogP contribution in [0.2, 0.25) is 0 Å². The summed E-state index contributed by atoms with van der Waals surface area (Å²) in [7, 11) is 0. The first-order chi connectivity index (χ1) is 11.8.